The lowest BCUT2D eigenvalue weighted by Crippen LogP contribution is -2.48. The average Bonchev–Trinajstić information content (AvgIpc) is 3.29. The van der Waals surface area contributed by atoms with Crippen molar-refractivity contribution >= 4 is 5.91 Å². The summed E-state index contributed by atoms with van der Waals surface area (Å²) < 4.78 is 11.2. The Morgan fingerprint density at radius 1 is 1.15 bits per heavy atom. The minimum absolute atomic E-state index is 0.159. The first kappa shape index (κ1) is 16.9. The highest BCUT2D eigenvalue weighted by Crippen LogP contribution is 2.42. The minimum atomic E-state index is 0.159. The number of piperidine rings is 1. The molecule has 2 bridgehead atoms. The Kier molecular flexibility index (Phi) is 4.78. The van der Waals surface area contributed by atoms with E-state index >= 15 is 0 Å². The van der Waals surface area contributed by atoms with Gasteiger partial charge in [-0.3, -0.25) is 9.78 Å². The van der Waals surface area contributed by atoms with Gasteiger partial charge in [-0.1, -0.05) is 6.07 Å². The number of pyridine rings is 1. The van der Waals surface area contributed by atoms with E-state index in [1.807, 2.05) is 42.5 Å². The number of carbonyl (C=O) groups is 1. The minimum Gasteiger partial charge on any atom is -0.497 e. The Labute approximate surface area is 153 Å². The van der Waals surface area contributed by atoms with E-state index in [-0.39, 0.29) is 11.9 Å². The molecular weight excluding hydrogens is 328 g/mol. The fraction of sp³-hybridized carbons (Fsp3) is 0.429. The molecule has 0 N–H and O–H groups in total. The number of methoxy groups -OCH3 is 1. The molecule has 136 valence electrons. The standard InChI is InChI=1S/C21H24N2O3/c1-25-18-7-9-19(10-8-18)26-14-20-15-5-6-17(12-15)23(20)21(24)13-16-4-2-3-11-22-16/h2-4,7-11,15,17,20H,5-6,12-14H2,1H3/t15?,17?,20-/m0/s1. The maximum absolute atomic E-state index is 12.9. The molecule has 3 atom stereocenters. The number of nitrogens with zero attached hydrogens (tertiary/aromatic N) is 2. The molecular formula is C21H24N2O3. The number of benzene rings is 1. The second kappa shape index (κ2) is 7.36. The van der Waals surface area contributed by atoms with Crippen LogP contribution < -0.4 is 9.47 Å². The Morgan fingerprint density at radius 3 is 2.69 bits per heavy atom. The van der Waals surface area contributed by atoms with E-state index < -0.39 is 0 Å². The Balaban J connectivity index is 1.42. The third-order valence-electron chi connectivity index (χ3n) is 5.57. The average molecular weight is 352 g/mol. The summed E-state index contributed by atoms with van der Waals surface area (Å²) in [5, 5.41) is 0. The number of likely N-dealkylation sites (tertiary alicyclic amines) is 1. The lowest BCUT2D eigenvalue weighted by molar-refractivity contribution is -0.135. The molecule has 26 heavy (non-hydrogen) atoms. The molecule has 1 amide bonds. The van der Waals surface area contributed by atoms with Crippen LogP contribution in [0.15, 0.2) is 48.7 Å². The van der Waals surface area contributed by atoms with E-state index in [0.717, 1.165) is 30.0 Å². The van der Waals surface area contributed by atoms with E-state index in [1.165, 1.54) is 6.42 Å². The van der Waals surface area contributed by atoms with E-state index in [2.05, 4.69) is 9.88 Å². The Morgan fingerprint density at radius 2 is 1.96 bits per heavy atom. The molecule has 1 aromatic heterocycles. The summed E-state index contributed by atoms with van der Waals surface area (Å²) in [6, 6.07) is 13.8. The van der Waals surface area contributed by atoms with Gasteiger partial charge in [-0.2, -0.15) is 0 Å². The summed E-state index contributed by atoms with van der Waals surface area (Å²) in [6.07, 6.45) is 5.50. The number of carbonyl (C=O) groups excluding carboxylic acids is 1. The van der Waals surface area contributed by atoms with Gasteiger partial charge in [0.15, 0.2) is 0 Å². The Hall–Kier alpha value is -2.56. The van der Waals surface area contributed by atoms with Gasteiger partial charge >= 0.3 is 0 Å². The van der Waals surface area contributed by atoms with E-state index in [1.54, 1.807) is 13.3 Å². The summed E-state index contributed by atoms with van der Waals surface area (Å²) in [6.45, 7) is 0.543. The summed E-state index contributed by atoms with van der Waals surface area (Å²) in [7, 11) is 1.65. The van der Waals surface area contributed by atoms with Crippen molar-refractivity contribution in [1.82, 2.24) is 9.88 Å². The SMILES string of the molecule is COc1ccc(OC[C@H]2C3CCC(C3)N2C(=O)Cc2ccccn2)cc1. The summed E-state index contributed by atoms with van der Waals surface area (Å²) in [5.41, 5.74) is 0.829. The van der Waals surface area contributed by atoms with Crippen LogP contribution in [0.5, 0.6) is 11.5 Å². The van der Waals surface area contributed by atoms with Crippen LogP contribution in [0.2, 0.25) is 0 Å². The molecule has 1 aliphatic heterocycles. The molecule has 2 aromatic rings. The molecule has 2 heterocycles. The van der Waals surface area contributed by atoms with Crippen LogP contribution in [-0.2, 0) is 11.2 Å². The number of hydrogen-bond acceptors (Lipinski definition) is 4. The van der Waals surface area contributed by atoms with Crippen molar-refractivity contribution < 1.29 is 14.3 Å². The van der Waals surface area contributed by atoms with Gasteiger partial charge in [0.1, 0.15) is 18.1 Å². The molecule has 5 nitrogen and oxygen atoms in total. The molecule has 1 aliphatic carbocycles. The third kappa shape index (κ3) is 3.39. The van der Waals surface area contributed by atoms with Gasteiger partial charge < -0.3 is 14.4 Å². The van der Waals surface area contributed by atoms with Crippen LogP contribution in [0.1, 0.15) is 25.0 Å². The normalized spacial score (nSPS) is 23.9. The van der Waals surface area contributed by atoms with Crippen molar-refractivity contribution in [3.63, 3.8) is 0 Å². The first-order valence-electron chi connectivity index (χ1n) is 9.22. The monoisotopic (exact) mass is 352 g/mol. The van der Waals surface area contributed by atoms with Crippen LogP contribution in [-0.4, -0.2) is 41.6 Å². The fourth-order valence-corrected chi connectivity index (χ4v) is 4.30. The van der Waals surface area contributed by atoms with Crippen LogP contribution >= 0.6 is 0 Å². The number of rotatable bonds is 6. The number of hydrogen-bond donors (Lipinski definition) is 0. The summed E-state index contributed by atoms with van der Waals surface area (Å²) in [4.78, 5) is 19.3. The van der Waals surface area contributed by atoms with Gasteiger partial charge in [0.2, 0.25) is 5.91 Å². The lowest BCUT2D eigenvalue weighted by atomic mass is 9.99. The molecule has 0 radical (unpaired) electrons. The van der Waals surface area contributed by atoms with E-state index in [9.17, 15) is 4.79 Å². The van der Waals surface area contributed by atoms with Gasteiger partial charge in [0, 0.05) is 17.9 Å². The molecule has 2 aliphatic rings. The van der Waals surface area contributed by atoms with Crippen molar-refractivity contribution in [3.05, 3.63) is 54.4 Å². The highest BCUT2D eigenvalue weighted by Gasteiger charge is 2.48. The molecule has 4 rings (SSSR count). The first-order chi connectivity index (χ1) is 12.7. The predicted octanol–water partition coefficient (Wildman–Crippen LogP) is 3.09. The Bertz CT molecular complexity index is 748. The van der Waals surface area contributed by atoms with Gasteiger partial charge in [0.05, 0.1) is 19.6 Å². The maximum atomic E-state index is 12.9. The molecule has 2 fully saturated rings. The smallest absolute Gasteiger partial charge is 0.229 e. The third-order valence-corrected chi connectivity index (χ3v) is 5.57. The summed E-state index contributed by atoms with van der Waals surface area (Å²) >= 11 is 0. The van der Waals surface area contributed by atoms with Crippen LogP contribution in [0, 0.1) is 5.92 Å². The molecule has 0 spiro atoms. The largest absolute Gasteiger partial charge is 0.497 e. The highest BCUT2D eigenvalue weighted by molar-refractivity contribution is 5.79. The summed E-state index contributed by atoms with van der Waals surface area (Å²) in [5.74, 6) is 2.33. The van der Waals surface area contributed by atoms with Crippen molar-refractivity contribution in [2.75, 3.05) is 13.7 Å². The number of ether oxygens (including phenoxy) is 2. The first-order valence-corrected chi connectivity index (χ1v) is 9.22. The van der Waals surface area contributed by atoms with Crippen molar-refractivity contribution in [3.8, 4) is 11.5 Å². The zero-order valence-electron chi connectivity index (χ0n) is 15.0. The van der Waals surface area contributed by atoms with Crippen molar-refractivity contribution in [2.45, 2.75) is 37.8 Å². The number of amides is 1. The van der Waals surface area contributed by atoms with E-state index in [4.69, 9.17) is 9.47 Å². The molecule has 1 aromatic carbocycles. The number of aromatic nitrogens is 1. The zero-order valence-corrected chi connectivity index (χ0v) is 15.0. The molecule has 1 saturated heterocycles. The van der Waals surface area contributed by atoms with Crippen molar-refractivity contribution in [1.29, 1.82) is 0 Å². The van der Waals surface area contributed by atoms with Crippen LogP contribution in [0.4, 0.5) is 0 Å². The quantitative estimate of drug-likeness (QED) is 0.802. The van der Waals surface area contributed by atoms with E-state index in [0.29, 0.717) is 25.0 Å². The molecule has 5 heteroatoms. The van der Waals surface area contributed by atoms with Gasteiger partial charge in [-0.15, -0.1) is 0 Å². The van der Waals surface area contributed by atoms with Crippen molar-refractivity contribution in [2.24, 2.45) is 5.92 Å². The topological polar surface area (TPSA) is 51.7 Å². The van der Waals surface area contributed by atoms with Crippen LogP contribution in [0.3, 0.4) is 0 Å². The second-order valence-corrected chi connectivity index (χ2v) is 7.08. The molecule has 2 unspecified atom stereocenters. The lowest BCUT2D eigenvalue weighted by Gasteiger charge is -2.35. The maximum Gasteiger partial charge on any atom is 0.229 e. The second-order valence-electron chi connectivity index (χ2n) is 7.08. The van der Waals surface area contributed by atoms with Gasteiger partial charge in [-0.05, 0) is 61.6 Å². The van der Waals surface area contributed by atoms with Gasteiger partial charge in [-0.25, -0.2) is 0 Å². The zero-order chi connectivity index (χ0) is 17.9. The van der Waals surface area contributed by atoms with Crippen LogP contribution in [0.25, 0.3) is 0 Å². The number of fused-ring (bicyclic) bond motifs is 2. The molecule has 1 saturated carbocycles. The fourth-order valence-electron chi connectivity index (χ4n) is 4.30. The van der Waals surface area contributed by atoms with Gasteiger partial charge in [0.25, 0.3) is 0 Å². The highest BCUT2D eigenvalue weighted by atomic mass is 16.5. The predicted molar refractivity (Wildman–Crippen MR) is 98.2 cm³/mol.